The molecule has 0 unspecified atom stereocenters. The Morgan fingerprint density at radius 2 is 1.95 bits per heavy atom. The number of likely N-dealkylation sites (N-methyl/N-ethyl adjacent to an activating group) is 1. The molecule has 0 bridgehead atoms. The molecule has 116 valence electrons. The van der Waals surface area contributed by atoms with Crippen LogP contribution in [0.4, 0.5) is 0 Å². The number of rotatable bonds is 6. The van der Waals surface area contributed by atoms with Crippen molar-refractivity contribution in [1.29, 1.82) is 0 Å². The topological polar surface area (TPSA) is 49.6 Å². The van der Waals surface area contributed by atoms with E-state index in [1.165, 1.54) is 18.4 Å². The maximum atomic E-state index is 11.7. The molecule has 21 heavy (non-hydrogen) atoms. The Labute approximate surface area is 127 Å². The van der Waals surface area contributed by atoms with Crippen molar-refractivity contribution >= 4 is 5.91 Å². The summed E-state index contributed by atoms with van der Waals surface area (Å²) in [5.41, 5.74) is 6.84. The number of nitrogens with two attached hydrogens (primary N) is 1. The molecule has 4 nitrogen and oxygen atoms in total. The summed E-state index contributed by atoms with van der Waals surface area (Å²) in [5.74, 6) is 0.691. The molecule has 0 radical (unpaired) electrons. The van der Waals surface area contributed by atoms with Gasteiger partial charge in [0, 0.05) is 19.6 Å². The Bertz CT molecular complexity index is 427. The summed E-state index contributed by atoms with van der Waals surface area (Å²) >= 11 is 0. The van der Waals surface area contributed by atoms with E-state index in [1.807, 2.05) is 11.8 Å². The molecule has 1 fully saturated rings. The molecule has 1 aromatic carbocycles. The van der Waals surface area contributed by atoms with Crippen molar-refractivity contribution in [2.45, 2.75) is 26.3 Å². The number of carbonyl (C=O) groups is 1. The minimum Gasteiger partial charge on any atom is -0.342 e. The second-order valence-electron chi connectivity index (χ2n) is 5.84. The molecule has 4 heteroatoms. The number of hydrogen-bond acceptors (Lipinski definition) is 3. The summed E-state index contributed by atoms with van der Waals surface area (Å²) in [6, 6.07) is 10.6. The minimum atomic E-state index is 0.0733. The van der Waals surface area contributed by atoms with Gasteiger partial charge in [-0.3, -0.25) is 9.69 Å². The second kappa shape index (κ2) is 8.15. The van der Waals surface area contributed by atoms with Crippen LogP contribution in [0, 0.1) is 5.92 Å². The van der Waals surface area contributed by atoms with Crippen LogP contribution in [-0.4, -0.2) is 48.4 Å². The van der Waals surface area contributed by atoms with Crippen molar-refractivity contribution in [3.05, 3.63) is 35.9 Å². The van der Waals surface area contributed by atoms with Crippen molar-refractivity contribution in [3.8, 4) is 0 Å². The number of piperidine rings is 1. The van der Waals surface area contributed by atoms with Gasteiger partial charge in [0.2, 0.25) is 5.91 Å². The lowest BCUT2D eigenvalue weighted by Gasteiger charge is -2.34. The fraction of sp³-hybridized carbons (Fsp3) is 0.588. The Balaban J connectivity index is 1.76. The van der Waals surface area contributed by atoms with E-state index < -0.39 is 0 Å². The Hall–Kier alpha value is -1.39. The number of nitrogens with zero attached hydrogens (tertiary/aromatic N) is 2. The van der Waals surface area contributed by atoms with E-state index >= 15 is 0 Å². The van der Waals surface area contributed by atoms with Crippen LogP contribution in [0.25, 0.3) is 0 Å². The summed E-state index contributed by atoms with van der Waals surface area (Å²) in [4.78, 5) is 16.1. The van der Waals surface area contributed by atoms with Gasteiger partial charge in [-0.15, -0.1) is 0 Å². The van der Waals surface area contributed by atoms with E-state index in [-0.39, 0.29) is 12.5 Å². The Morgan fingerprint density at radius 3 is 2.52 bits per heavy atom. The van der Waals surface area contributed by atoms with Gasteiger partial charge in [-0.05, 0) is 44.3 Å². The van der Waals surface area contributed by atoms with Crippen LogP contribution in [0.15, 0.2) is 30.3 Å². The SMILES string of the molecule is CCN(CC1CCN(Cc2ccccc2)CC1)C(=O)CN. The smallest absolute Gasteiger partial charge is 0.236 e. The molecule has 1 amide bonds. The largest absolute Gasteiger partial charge is 0.342 e. The minimum absolute atomic E-state index is 0.0733. The number of carbonyl (C=O) groups excluding carboxylic acids is 1. The van der Waals surface area contributed by atoms with Crippen LogP contribution in [0.3, 0.4) is 0 Å². The molecule has 2 N–H and O–H groups in total. The number of likely N-dealkylation sites (tertiary alicyclic amines) is 1. The first-order valence-electron chi connectivity index (χ1n) is 7.97. The van der Waals surface area contributed by atoms with Crippen molar-refractivity contribution in [3.63, 3.8) is 0 Å². The van der Waals surface area contributed by atoms with E-state index in [2.05, 4.69) is 35.2 Å². The van der Waals surface area contributed by atoms with E-state index in [0.717, 1.165) is 32.7 Å². The number of hydrogen-bond donors (Lipinski definition) is 1. The van der Waals surface area contributed by atoms with Crippen LogP contribution in [0.1, 0.15) is 25.3 Å². The summed E-state index contributed by atoms with van der Waals surface area (Å²) in [6.45, 7) is 7.05. The zero-order chi connectivity index (χ0) is 15.1. The monoisotopic (exact) mass is 289 g/mol. The lowest BCUT2D eigenvalue weighted by Crippen LogP contribution is -2.42. The molecule has 1 heterocycles. The van der Waals surface area contributed by atoms with Gasteiger partial charge in [-0.25, -0.2) is 0 Å². The van der Waals surface area contributed by atoms with E-state index in [9.17, 15) is 4.79 Å². The quantitative estimate of drug-likeness (QED) is 0.867. The van der Waals surface area contributed by atoms with Crippen molar-refractivity contribution in [2.24, 2.45) is 11.7 Å². The van der Waals surface area contributed by atoms with E-state index in [4.69, 9.17) is 5.73 Å². The molecule has 1 aromatic rings. The lowest BCUT2D eigenvalue weighted by atomic mass is 9.95. The van der Waals surface area contributed by atoms with Crippen LogP contribution < -0.4 is 5.73 Å². The van der Waals surface area contributed by atoms with Crippen LogP contribution in [0.2, 0.25) is 0 Å². The van der Waals surface area contributed by atoms with Gasteiger partial charge in [0.15, 0.2) is 0 Å². The Kier molecular flexibility index (Phi) is 6.21. The molecule has 0 aliphatic carbocycles. The van der Waals surface area contributed by atoms with Gasteiger partial charge in [-0.2, -0.15) is 0 Å². The van der Waals surface area contributed by atoms with Crippen molar-refractivity contribution < 1.29 is 4.79 Å². The summed E-state index contributed by atoms with van der Waals surface area (Å²) in [5, 5.41) is 0. The predicted octanol–water partition coefficient (Wildman–Crippen LogP) is 1.71. The van der Waals surface area contributed by atoms with E-state index in [1.54, 1.807) is 0 Å². The fourth-order valence-electron chi connectivity index (χ4n) is 3.02. The number of amides is 1. The highest BCUT2D eigenvalue weighted by molar-refractivity contribution is 5.77. The molecule has 1 aliphatic heterocycles. The first-order valence-corrected chi connectivity index (χ1v) is 7.97. The third-order valence-corrected chi connectivity index (χ3v) is 4.34. The van der Waals surface area contributed by atoms with Gasteiger partial charge >= 0.3 is 0 Å². The lowest BCUT2D eigenvalue weighted by molar-refractivity contribution is -0.130. The normalized spacial score (nSPS) is 16.9. The molecule has 1 aliphatic rings. The van der Waals surface area contributed by atoms with Crippen LogP contribution in [0.5, 0.6) is 0 Å². The molecular weight excluding hydrogens is 262 g/mol. The number of benzene rings is 1. The summed E-state index contributed by atoms with van der Waals surface area (Å²) < 4.78 is 0. The summed E-state index contributed by atoms with van der Waals surface area (Å²) in [7, 11) is 0. The van der Waals surface area contributed by atoms with E-state index in [0.29, 0.717) is 5.92 Å². The third-order valence-electron chi connectivity index (χ3n) is 4.34. The maximum absolute atomic E-state index is 11.7. The average molecular weight is 289 g/mol. The van der Waals surface area contributed by atoms with Crippen molar-refractivity contribution in [2.75, 3.05) is 32.7 Å². The zero-order valence-electron chi connectivity index (χ0n) is 13.0. The molecule has 0 spiro atoms. The first kappa shape index (κ1) is 16.0. The van der Waals surface area contributed by atoms with Crippen LogP contribution in [-0.2, 0) is 11.3 Å². The maximum Gasteiger partial charge on any atom is 0.236 e. The third kappa shape index (κ3) is 4.83. The average Bonchev–Trinajstić information content (AvgIpc) is 2.54. The second-order valence-corrected chi connectivity index (χ2v) is 5.84. The fourth-order valence-corrected chi connectivity index (χ4v) is 3.02. The van der Waals surface area contributed by atoms with Gasteiger partial charge in [0.05, 0.1) is 6.54 Å². The molecule has 0 aromatic heterocycles. The summed E-state index contributed by atoms with van der Waals surface area (Å²) in [6.07, 6.45) is 2.34. The molecule has 0 saturated carbocycles. The molecule has 2 rings (SSSR count). The Morgan fingerprint density at radius 1 is 1.29 bits per heavy atom. The molecule has 1 saturated heterocycles. The van der Waals surface area contributed by atoms with Gasteiger partial charge in [0.1, 0.15) is 0 Å². The first-order chi connectivity index (χ1) is 10.2. The molecule has 0 atom stereocenters. The van der Waals surface area contributed by atoms with Crippen molar-refractivity contribution in [1.82, 2.24) is 9.80 Å². The highest BCUT2D eigenvalue weighted by Crippen LogP contribution is 2.20. The zero-order valence-corrected chi connectivity index (χ0v) is 13.0. The standard InChI is InChI=1S/C17H27N3O/c1-2-20(17(21)12-18)14-16-8-10-19(11-9-16)13-15-6-4-3-5-7-15/h3-7,16H,2,8-14,18H2,1H3. The van der Waals surface area contributed by atoms with Crippen LogP contribution >= 0.6 is 0 Å². The highest BCUT2D eigenvalue weighted by atomic mass is 16.2. The highest BCUT2D eigenvalue weighted by Gasteiger charge is 2.22. The van der Waals surface area contributed by atoms with Gasteiger partial charge < -0.3 is 10.6 Å². The predicted molar refractivity (Wildman–Crippen MR) is 85.8 cm³/mol. The van der Waals surface area contributed by atoms with Gasteiger partial charge in [-0.1, -0.05) is 30.3 Å². The molecular formula is C17H27N3O. The van der Waals surface area contributed by atoms with Gasteiger partial charge in [0.25, 0.3) is 0 Å².